The Bertz CT molecular complexity index is 1500. The largest absolute Gasteiger partial charge is 0.470 e. The molecule has 3 aliphatic heterocycles. The summed E-state index contributed by atoms with van der Waals surface area (Å²) < 4.78 is 41.6. The molecule has 5 atom stereocenters. The number of benzene rings is 2. The molecule has 0 bridgehead atoms. The van der Waals surface area contributed by atoms with Crippen LogP contribution in [0.15, 0.2) is 65.6 Å². The van der Waals surface area contributed by atoms with Crippen molar-refractivity contribution in [1.82, 2.24) is 9.55 Å². The van der Waals surface area contributed by atoms with Gasteiger partial charge in [0.15, 0.2) is 17.8 Å². The Kier molecular flexibility index (Phi) is 7.01. The second-order valence-corrected chi connectivity index (χ2v) is 11.4. The van der Waals surface area contributed by atoms with Crippen molar-refractivity contribution in [2.24, 2.45) is 0 Å². The van der Waals surface area contributed by atoms with Gasteiger partial charge < -0.3 is 24.1 Å². The van der Waals surface area contributed by atoms with Crippen molar-refractivity contribution in [3.05, 3.63) is 66.5 Å². The summed E-state index contributed by atoms with van der Waals surface area (Å²) in [6, 6.07) is 19.6. The minimum atomic E-state index is -0.662. The molecule has 7 nitrogen and oxygen atoms in total. The monoisotopic (exact) mass is 562 g/mol. The third-order valence-corrected chi connectivity index (χ3v) is 8.76. The highest BCUT2D eigenvalue weighted by molar-refractivity contribution is 7.98. The molecule has 40 heavy (non-hydrogen) atoms. The van der Waals surface area contributed by atoms with E-state index in [4.69, 9.17) is 23.9 Å². The number of ether oxygens (including phenoxy) is 4. The van der Waals surface area contributed by atoms with Gasteiger partial charge >= 0.3 is 0 Å². The van der Waals surface area contributed by atoms with Crippen molar-refractivity contribution >= 4 is 22.8 Å². The van der Waals surface area contributed by atoms with Crippen LogP contribution in [-0.2, 0) is 14.2 Å². The Balaban J connectivity index is 1.23. The standard InChI is InChI=1S/C31H31FN2O5S/c1-40-21-11-9-19(10-12-21)18-5-7-20(8-6-18)29-22(32)14-24-23(33-29)15-28(34(24)27-4-2-3-13-36-27)39-26-17-38-30-25(35)16-37-31(26)30/h5-12,14-15,25-27,30-31,35H,2-4,13,16-17H2,1H3/t25-,26-,27?,30?,31-/m1/s1. The Labute approximate surface area is 236 Å². The van der Waals surface area contributed by atoms with Crippen molar-refractivity contribution in [1.29, 1.82) is 0 Å². The van der Waals surface area contributed by atoms with Gasteiger partial charge in [-0.3, -0.25) is 4.57 Å². The van der Waals surface area contributed by atoms with Crippen molar-refractivity contribution in [2.75, 3.05) is 26.1 Å². The van der Waals surface area contributed by atoms with E-state index in [1.165, 1.54) is 11.0 Å². The molecule has 4 aromatic rings. The van der Waals surface area contributed by atoms with E-state index in [0.717, 1.165) is 30.4 Å². The predicted octanol–water partition coefficient (Wildman–Crippen LogP) is 5.84. The van der Waals surface area contributed by atoms with E-state index in [1.807, 2.05) is 34.9 Å². The van der Waals surface area contributed by atoms with Crippen LogP contribution in [0.5, 0.6) is 5.88 Å². The smallest absolute Gasteiger partial charge is 0.198 e. The van der Waals surface area contributed by atoms with Gasteiger partial charge in [-0.05, 0) is 48.8 Å². The number of halogens is 1. The van der Waals surface area contributed by atoms with Crippen molar-refractivity contribution < 1.29 is 28.4 Å². The van der Waals surface area contributed by atoms with E-state index >= 15 is 4.39 Å². The summed E-state index contributed by atoms with van der Waals surface area (Å²) >= 11 is 1.71. The predicted molar refractivity (Wildman–Crippen MR) is 151 cm³/mol. The first-order chi connectivity index (χ1) is 19.6. The van der Waals surface area contributed by atoms with Crippen LogP contribution in [0.1, 0.15) is 25.5 Å². The van der Waals surface area contributed by atoms with Crippen LogP contribution < -0.4 is 4.74 Å². The second-order valence-electron chi connectivity index (χ2n) is 10.5. The Hall–Kier alpha value is -2.95. The molecule has 3 aliphatic rings. The molecule has 0 amide bonds. The number of nitrogens with zero attached hydrogens (tertiary/aromatic N) is 2. The number of hydrogen-bond donors (Lipinski definition) is 1. The molecule has 1 N–H and O–H groups in total. The van der Waals surface area contributed by atoms with E-state index in [0.29, 0.717) is 35.7 Å². The number of aromatic nitrogens is 2. The first-order valence-corrected chi connectivity index (χ1v) is 15.0. The molecule has 208 valence electrons. The topological polar surface area (TPSA) is 75.0 Å². The molecule has 9 heteroatoms. The molecule has 2 aromatic carbocycles. The summed E-state index contributed by atoms with van der Waals surface area (Å²) in [5, 5.41) is 10.1. The molecule has 2 aromatic heterocycles. The van der Waals surface area contributed by atoms with Gasteiger partial charge in [0.1, 0.15) is 30.2 Å². The van der Waals surface area contributed by atoms with Gasteiger partial charge in [-0.2, -0.15) is 0 Å². The first kappa shape index (κ1) is 26.0. The Morgan fingerprint density at radius 3 is 2.38 bits per heavy atom. The van der Waals surface area contributed by atoms with Crippen molar-refractivity contribution in [2.45, 2.75) is 54.8 Å². The zero-order valence-corrected chi connectivity index (χ0v) is 23.0. The number of rotatable bonds is 6. The van der Waals surface area contributed by atoms with Crippen molar-refractivity contribution in [3.63, 3.8) is 0 Å². The normalized spacial score (nSPS) is 26.3. The molecule has 0 spiro atoms. The minimum absolute atomic E-state index is 0.224. The second kappa shape index (κ2) is 10.8. The number of pyridine rings is 1. The highest BCUT2D eigenvalue weighted by Gasteiger charge is 2.48. The summed E-state index contributed by atoms with van der Waals surface area (Å²) in [6.07, 6.45) is 2.77. The third kappa shape index (κ3) is 4.69. The molecule has 3 fully saturated rings. The molecule has 2 unspecified atom stereocenters. The minimum Gasteiger partial charge on any atom is -0.470 e. The fourth-order valence-corrected chi connectivity index (χ4v) is 6.33. The lowest BCUT2D eigenvalue weighted by atomic mass is 10.0. The van der Waals surface area contributed by atoms with Gasteiger partial charge in [0.2, 0.25) is 0 Å². The SMILES string of the molecule is CSc1ccc(-c2ccc(-c3nc4cc(O[C@@H]5COC6[C@H](O)CO[C@@H]65)n(C5CCCCO5)c4cc3F)cc2)cc1. The van der Waals surface area contributed by atoms with E-state index in [-0.39, 0.29) is 24.6 Å². The van der Waals surface area contributed by atoms with Gasteiger partial charge in [0.05, 0.1) is 24.2 Å². The number of aliphatic hydroxyl groups excluding tert-OH is 1. The fraction of sp³-hybridized carbons (Fsp3) is 0.387. The van der Waals surface area contributed by atoms with E-state index in [9.17, 15) is 5.11 Å². The fourth-order valence-electron chi connectivity index (χ4n) is 5.92. The number of hydrogen-bond acceptors (Lipinski definition) is 7. The molecular formula is C31H31FN2O5S. The lowest BCUT2D eigenvalue weighted by Gasteiger charge is -2.27. The molecule has 0 saturated carbocycles. The first-order valence-electron chi connectivity index (χ1n) is 13.7. The maximum Gasteiger partial charge on any atom is 0.198 e. The van der Waals surface area contributed by atoms with Gasteiger partial charge in [-0.1, -0.05) is 36.4 Å². The molecular weight excluding hydrogens is 531 g/mol. The molecule has 0 aliphatic carbocycles. The van der Waals surface area contributed by atoms with E-state index < -0.39 is 24.1 Å². The molecule has 3 saturated heterocycles. The van der Waals surface area contributed by atoms with Crippen LogP contribution in [0.4, 0.5) is 4.39 Å². The van der Waals surface area contributed by atoms with E-state index in [2.05, 4.69) is 30.5 Å². The van der Waals surface area contributed by atoms with Crippen LogP contribution in [0.3, 0.4) is 0 Å². The summed E-state index contributed by atoms with van der Waals surface area (Å²) in [5.41, 5.74) is 4.41. The van der Waals surface area contributed by atoms with Crippen molar-refractivity contribution in [3.8, 4) is 28.3 Å². The maximum absolute atomic E-state index is 15.7. The Morgan fingerprint density at radius 2 is 1.65 bits per heavy atom. The lowest BCUT2D eigenvalue weighted by Crippen LogP contribution is -2.35. The average Bonchev–Trinajstić information content (AvgIpc) is 3.68. The summed E-state index contributed by atoms with van der Waals surface area (Å²) in [4.78, 5) is 5.97. The van der Waals surface area contributed by atoms with Crippen LogP contribution in [-0.4, -0.2) is 65.1 Å². The zero-order valence-electron chi connectivity index (χ0n) is 22.2. The number of fused-ring (bicyclic) bond motifs is 2. The zero-order chi connectivity index (χ0) is 27.2. The molecule has 5 heterocycles. The third-order valence-electron chi connectivity index (χ3n) is 8.02. The number of aliphatic hydroxyl groups is 1. The van der Waals surface area contributed by atoms with Gasteiger partial charge in [-0.15, -0.1) is 11.8 Å². The lowest BCUT2D eigenvalue weighted by molar-refractivity contribution is -0.0392. The van der Waals surface area contributed by atoms with E-state index in [1.54, 1.807) is 11.8 Å². The molecule has 0 radical (unpaired) electrons. The highest BCUT2D eigenvalue weighted by Crippen LogP contribution is 2.38. The summed E-state index contributed by atoms with van der Waals surface area (Å²) in [6.45, 7) is 1.16. The molecule has 7 rings (SSSR count). The Morgan fingerprint density at radius 1 is 0.925 bits per heavy atom. The summed E-state index contributed by atoms with van der Waals surface area (Å²) in [5.74, 6) is 0.132. The average molecular weight is 563 g/mol. The highest BCUT2D eigenvalue weighted by atomic mass is 32.2. The van der Waals surface area contributed by atoms with Crippen LogP contribution in [0.2, 0.25) is 0 Å². The van der Waals surface area contributed by atoms with Gasteiger partial charge in [0, 0.05) is 29.2 Å². The maximum atomic E-state index is 15.7. The number of thioether (sulfide) groups is 1. The van der Waals surface area contributed by atoms with Crippen LogP contribution in [0.25, 0.3) is 33.4 Å². The van der Waals surface area contributed by atoms with Gasteiger partial charge in [0.25, 0.3) is 0 Å². The van der Waals surface area contributed by atoms with Gasteiger partial charge in [-0.25, -0.2) is 9.37 Å². The quantitative estimate of drug-likeness (QED) is 0.296. The summed E-state index contributed by atoms with van der Waals surface area (Å²) in [7, 11) is 0. The van der Waals surface area contributed by atoms with Crippen LogP contribution >= 0.6 is 11.8 Å². The van der Waals surface area contributed by atoms with Crippen LogP contribution in [0, 0.1) is 5.82 Å².